The van der Waals surface area contributed by atoms with Crippen molar-refractivity contribution in [3.63, 3.8) is 0 Å². The molecule has 1 aliphatic carbocycles. The Kier molecular flexibility index (Phi) is 3.36. The quantitative estimate of drug-likeness (QED) is 0.919. The highest BCUT2D eigenvalue weighted by Gasteiger charge is 2.46. The Balaban J connectivity index is 1.64. The first-order chi connectivity index (χ1) is 10.6. The number of likely N-dealkylation sites (tertiary alicyclic amines) is 1. The second kappa shape index (κ2) is 5.15. The third-order valence-electron chi connectivity index (χ3n) is 5.19. The smallest absolute Gasteiger partial charge is 0.258 e. The zero-order valence-corrected chi connectivity index (χ0v) is 13.6. The van der Waals surface area contributed by atoms with Gasteiger partial charge in [0.1, 0.15) is 0 Å². The van der Waals surface area contributed by atoms with Gasteiger partial charge in [-0.1, -0.05) is 0 Å². The summed E-state index contributed by atoms with van der Waals surface area (Å²) in [5, 5.41) is 9.99. The number of thiazole rings is 1. The molecule has 2 aromatic heterocycles. The van der Waals surface area contributed by atoms with Gasteiger partial charge in [0.05, 0.1) is 11.8 Å². The van der Waals surface area contributed by atoms with Crippen molar-refractivity contribution in [3.8, 4) is 0 Å². The molecule has 0 aromatic carbocycles. The number of fused-ring (bicyclic) bond motifs is 1. The van der Waals surface area contributed by atoms with Gasteiger partial charge in [-0.05, 0) is 39.0 Å². The summed E-state index contributed by atoms with van der Waals surface area (Å²) in [5.41, 5.74) is 1.01. The van der Waals surface area contributed by atoms with E-state index in [9.17, 15) is 9.90 Å². The van der Waals surface area contributed by atoms with Gasteiger partial charge in [0.25, 0.3) is 5.56 Å². The molecule has 4 rings (SSSR count). The van der Waals surface area contributed by atoms with Crippen molar-refractivity contribution >= 4 is 16.3 Å². The van der Waals surface area contributed by atoms with Gasteiger partial charge in [0, 0.05) is 35.8 Å². The Morgan fingerprint density at radius 1 is 1.50 bits per heavy atom. The zero-order chi connectivity index (χ0) is 15.3. The molecule has 1 saturated heterocycles. The predicted octanol–water partition coefficient (Wildman–Crippen LogP) is 1.94. The van der Waals surface area contributed by atoms with Crippen LogP contribution >= 0.6 is 11.3 Å². The maximum Gasteiger partial charge on any atom is 0.258 e. The summed E-state index contributed by atoms with van der Waals surface area (Å²) in [5.74, 6) is 0. The average Bonchev–Trinajstić information content (AvgIpc) is 2.80. The van der Waals surface area contributed by atoms with E-state index in [-0.39, 0.29) is 17.2 Å². The van der Waals surface area contributed by atoms with Crippen LogP contribution in [-0.4, -0.2) is 37.6 Å². The Bertz CT molecular complexity index is 762. The molecule has 1 aliphatic heterocycles. The van der Waals surface area contributed by atoms with E-state index in [1.807, 2.05) is 13.1 Å². The standard InChI is InChI=1S/C16H21N3O2S/c1-11-9-19-14(21)7-12(17-15(19)22-11)10-18-6-3-13(20)8-16(18)4-2-5-16/h7,9,13,20H,2-6,8,10H2,1H3. The monoisotopic (exact) mass is 319 g/mol. The van der Waals surface area contributed by atoms with Crippen LogP contribution in [0.15, 0.2) is 17.1 Å². The Morgan fingerprint density at radius 2 is 2.32 bits per heavy atom. The number of hydrogen-bond donors (Lipinski definition) is 1. The molecule has 0 bridgehead atoms. The van der Waals surface area contributed by atoms with Gasteiger partial charge in [0.15, 0.2) is 4.96 Å². The van der Waals surface area contributed by atoms with Crippen LogP contribution in [0.25, 0.3) is 4.96 Å². The number of aryl methyl sites for hydroxylation is 1. The first-order valence-electron chi connectivity index (χ1n) is 7.98. The highest BCUT2D eigenvalue weighted by Crippen LogP contribution is 2.44. The molecule has 22 heavy (non-hydrogen) atoms. The molecule has 1 spiro atoms. The molecule has 1 atom stereocenters. The topological polar surface area (TPSA) is 57.8 Å². The minimum Gasteiger partial charge on any atom is -0.393 e. The van der Waals surface area contributed by atoms with E-state index in [2.05, 4.69) is 9.88 Å². The van der Waals surface area contributed by atoms with Crippen molar-refractivity contribution in [2.45, 2.75) is 57.2 Å². The molecule has 3 heterocycles. The fourth-order valence-corrected chi connectivity index (χ4v) is 4.75. The molecular weight excluding hydrogens is 298 g/mol. The average molecular weight is 319 g/mol. The second-order valence-electron chi connectivity index (χ2n) is 6.73. The Labute approximate surface area is 133 Å². The van der Waals surface area contributed by atoms with Gasteiger partial charge >= 0.3 is 0 Å². The lowest BCUT2D eigenvalue weighted by Crippen LogP contribution is -2.58. The summed E-state index contributed by atoms with van der Waals surface area (Å²) in [7, 11) is 0. The first kappa shape index (κ1) is 14.4. The largest absolute Gasteiger partial charge is 0.393 e. The van der Waals surface area contributed by atoms with Crippen LogP contribution < -0.4 is 5.56 Å². The first-order valence-corrected chi connectivity index (χ1v) is 8.79. The fraction of sp³-hybridized carbons (Fsp3) is 0.625. The van der Waals surface area contributed by atoms with Gasteiger partial charge in [0.2, 0.25) is 0 Å². The molecule has 5 nitrogen and oxygen atoms in total. The summed E-state index contributed by atoms with van der Waals surface area (Å²) < 4.78 is 1.63. The fourth-order valence-electron chi connectivity index (χ4n) is 3.90. The number of hydrogen-bond acceptors (Lipinski definition) is 5. The molecule has 1 saturated carbocycles. The van der Waals surface area contributed by atoms with E-state index in [0.717, 1.165) is 54.3 Å². The van der Waals surface area contributed by atoms with Crippen molar-refractivity contribution in [3.05, 3.63) is 33.2 Å². The molecule has 0 amide bonds. The van der Waals surface area contributed by atoms with E-state index in [1.165, 1.54) is 6.42 Å². The van der Waals surface area contributed by atoms with Crippen molar-refractivity contribution < 1.29 is 5.11 Å². The lowest BCUT2D eigenvalue weighted by Gasteiger charge is -2.54. The van der Waals surface area contributed by atoms with Gasteiger partial charge in [-0.3, -0.25) is 14.1 Å². The maximum atomic E-state index is 12.2. The number of nitrogens with zero attached hydrogens (tertiary/aromatic N) is 3. The molecule has 2 fully saturated rings. The minimum absolute atomic E-state index is 0.00375. The molecule has 1 unspecified atom stereocenters. The molecule has 118 valence electrons. The van der Waals surface area contributed by atoms with Crippen LogP contribution in [0.5, 0.6) is 0 Å². The van der Waals surface area contributed by atoms with E-state index < -0.39 is 0 Å². The van der Waals surface area contributed by atoms with Crippen molar-refractivity contribution in [1.29, 1.82) is 0 Å². The van der Waals surface area contributed by atoms with Crippen molar-refractivity contribution in [2.24, 2.45) is 0 Å². The third-order valence-corrected chi connectivity index (χ3v) is 6.09. The summed E-state index contributed by atoms with van der Waals surface area (Å²) in [6.45, 7) is 3.61. The van der Waals surface area contributed by atoms with Gasteiger partial charge in [-0.2, -0.15) is 0 Å². The molecule has 2 aromatic rings. The van der Waals surface area contributed by atoms with Crippen LogP contribution in [0, 0.1) is 6.92 Å². The summed E-state index contributed by atoms with van der Waals surface area (Å²) in [6, 6.07) is 1.66. The highest BCUT2D eigenvalue weighted by molar-refractivity contribution is 7.16. The summed E-state index contributed by atoms with van der Waals surface area (Å²) in [6.07, 6.45) is 6.92. The lowest BCUT2D eigenvalue weighted by molar-refractivity contribution is -0.0707. The highest BCUT2D eigenvalue weighted by atomic mass is 32.1. The Hall–Kier alpha value is -1.24. The molecular formula is C16H21N3O2S. The summed E-state index contributed by atoms with van der Waals surface area (Å²) in [4.78, 5) is 21.2. The van der Waals surface area contributed by atoms with Gasteiger partial charge < -0.3 is 5.11 Å². The number of rotatable bonds is 2. The van der Waals surface area contributed by atoms with Gasteiger partial charge in [-0.25, -0.2) is 4.98 Å². The van der Waals surface area contributed by atoms with Crippen LogP contribution in [0.2, 0.25) is 0 Å². The molecule has 0 radical (unpaired) electrons. The third kappa shape index (κ3) is 2.30. The van der Waals surface area contributed by atoms with Crippen molar-refractivity contribution in [1.82, 2.24) is 14.3 Å². The second-order valence-corrected chi connectivity index (χ2v) is 7.94. The molecule has 6 heteroatoms. The van der Waals surface area contributed by atoms with Crippen molar-refractivity contribution in [2.75, 3.05) is 6.54 Å². The van der Waals surface area contributed by atoms with Crippen LogP contribution in [-0.2, 0) is 6.54 Å². The number of aliphatic hydroxyl groups is 1. The van der Waals surface area contributed by atoms with E-state index in [0.29, 0.717) is 0 Å². The van der Waals surface area contributed by atoms with Crippen LogP contribution in [0.3, 0.4) is 0 Å². The minimum atomic E-state index is -0.169. The lowest BCUT2D eigenvalue weighted by atomic mass is 9.69. The molecule has 2 aliphatic rings. The number of piperidine rings is 1. The van der Waals surface area contributed by atoms with Gasteiger partial charge in [-0.15, -0.1) is 11.3 Å². The normalized spacial score (nSPS) is 24.7. The van der Waals surface area contributed by atoms with E-state index in [4.69, 9.17) is 0 Å². The SMILES string of the molecule is Cc1cn2c(=O)cc(CN3CCC(O)CC34CCC4)nc2s1. The zero-order valence-electron chi connectivity index (χ0n) is 12.8. The molecule has 1 N–H and O–H groups in total. The number of aromatic nitrogens is 2. The summed E-state index contributed by atoms with van der Waals surface area (Å²) >= 11 is 1.56. The van der Waals surface area contributed by atoms with Crippen LogP contribution in [0.1, 0.15) is 42.7 Å². The Morgan fingerprint density at radius 3 is 3.05 bits per heavy atom. The van der Waals surface area contributed by atoms with Crippen LogP contribution in [0.4, 0.5) is 0 Å². The number of aliphatic hydroxyl groups excluding tert-OH is 1. The predicted molar refractivity (Wildman–Crippen MR) is 86.3 cm³/mol. The van der Waals surface area contributed by atoms with E-state index >= 15 is 0 Å². The maximum absolute atomic E-state index is 12.2. The van der Waals surface area contributed by atoms with E-state index in [1.54, 1.807) is 21.8 Å².